The molecule has 0 unspecified atom stereocenters. The van der Waals surface area contributed by atoms with Crippen LogP contribution in [0.25, 0.3) is 11.3 Å². The van der Waals surface area contributed by atoms with Gasteiger partial charge in [0.2, 0.25) is 0 Å². The van der Waals surface area contributed by atoms with Gasteiger partial charge in [0.15, 0.2) is 0 Å². The van der Waals surface area contributed by atoms with E-state index < -0.39 is 7.12 Å². The van der Waals surface area contributed by atoms with Crippen molar-refractivity contribution in [2.75, 3.05) is 0 Å². The van der Waals surface area contributed by atoms with E-state index in [-0.39, 0.29) is 0 Å². The lowest BCUT2D eigenvalue weighted by molar-refractivity contribution is 0.425. The summed E-state index contributed by atoms with van der Waals surface area (Å²) in [7, 11) is -1.43. The van der Waals surface area contributed by atoms with Gasteiger partial charge in [-0.05, 0) is 29.0 Å². The molecule has 2 heterocycles. The van der Waals surface area contributed by atoms with Crippen LogP contribution in [0.4, 0.5) is 0 Å². The Morgan fingerprint density at radius 2 is 2.14 bits per heavy atom. The largest absolute Gasteiger partial charge is 0.488 e. The SMILES string of the molecule is OB(O)c1ccnc(-c2ccsc2)c1. The summed E-state index contributed by atoms with van der Waals surface area (Å²) >= 11 is 1.58. The summed E-state index contributed by atoms with van der Waals surface area (Å²) in [6.07, 6.45) is 1.57. The van der Waals surface area contributed by atoms with E-state index in [0.717, 1.165) is 11.3 Å². The quantitative estimate of drug-likeness (QED) is 0.701. The van der Waals surface area contributed by atoms with Crippen molar-refractivity contribution in [1.29, 1.82) is 0 Å². The minimum Gasteiger partial charge on any atom is -0.423 e. The lowest BCUT2D eigenvalue weighted by Gasteiger charge is -2.01. The van der Waals surface area contributed by atoms with E-state index in [9.17, 15) is 0 Å². The first-order valence-corrected chi connectivity index (χ1v) is 5.06. The number of hydrogen-bond donors (Lipinski definition) is 2. The van der Waals surface area contributed by atoms with Crippen molar-refractivity contribution in [3.05, 3.63) is 35.2 Å². The molecule has 0 saturated heterocycles. The molecule has 2 N–H and O–H groups in total. The van der Waals surface area contributed by atoms with E-state index >= 15 is 0 Å². The van der Waals surface area contributed by atoms with Crippen LogP contribution in [0.1, 0.15) is 0 Å². The molecule has 70 valence electrons. The molecule has 0 fully saturated rings. The Kier molecular flexibility index (Phi) is 2.63. The van der Waals surface area contributed by atoms with E-state index in [2.05, 4.69) is 4.98 Å². The highest BCUT2D eigenvalue weighted by Gasteiger charge is 2.11. The lowest BCUT2D eigenvalue weighted by atomic mass is 9.80. The second kappa shape index (κ2) is 3.92. The van der Waals surface area contributed by atoms with Gasteiger partial charge >= 0.3 is 7.12 Å². The van der Waals surface area contributed by atoms with Gasteiger partial charge in [-0.3, -0.25) is 4.98 Å². The van der Waals surface area contributed by atoms with Crippen molar-refractivity contribution in [3.8, 4) is 11.3 Å². The molecule has 2 aromatic heterocycles. The van der Waals surface area contributed by atoms with Gasteiger partial charge in [0.05, 0.1) is 5.69 Å². The van der Waals surface area contributed by atoms with Crippen LogP contribution in [0, 0.1) is 0 Å². The number of pyridine rings is 1. The Labute approximate surface area is 85.8 Å². The summed E-state index contributed by atoms with van der Waals surface area (Å²) < 4.78 is 0. The molecule has 0 spiro atoms. The van der Waals surface area contributed by atoms with Crippen LogP contribution in [-0.2, 0) is 0 Å². The minimum atomic E-state index is -1.43. The molecule has 0 aromatic carbocycles. The van der Waals surface area contributed by atoms with Crippen molar-refractivity contribution in [1.82, 2.24) is 4.98 Å². The summed E-state index contributed by atoms with van der Waals surface area (Å²) in [6, 6.07) is 5.20. The zero-order chi connectivity index (χ0) is 9.97. The van der Waals surface area contributed by atoms with E-state index in [1.54, 1.807) is 29.7 Å². The van der Waals surface area contributed by atoms with Crippen LogP contribution >= 0.6 is 11.3 Å². The molecule has 3 nitrogen and oxygen atoms in total. The molecule has 2 rings (SSSR count). The molecular weight excluding hydrogens is 197 g/mol. The van der Waals surface area contributed by atoms with E-state index in [0.29, 0.717) is 5.46 Å². The zero-order valence-corrected chi connectivity index (χ0v) is 8.11. The number of aromatic nitrogens is 1. The Balaban J connectivity index is 2.41. The number of nitrogens with zero attached hydrogens (tertiary/aromatic N) is 1. The van der Waals surface area contributed by atoms with Crippen LogP contribution in [0.15, 0.2) is 35.2 Å². The van der Waals surface area contributed by atoms with Crippen LogP contribution < -0.4 is 5.46 Å². The monoisotopic (exact) mass is 205 g/mol. The molecule has 0 saturated carbocycles. The summed E-state index contributed by atoms with van der Waals surface area (Å²) in [5, 5.41) is 21.9. The highest BCUT2D eigenvalue weighted by molar-refractivity contribution is 7.08. The normalized spacial score (nSPS) is 10.1. The highest BCUT2D eigenvalue weighted by Crippen LogP contribution is 2.18. The molecule has 0 aliphatic rings. The second-order valence-corrected chi connectivity index (χ2v) is 3.64. The summed E-state index contributed by atoms with van der Waals surface area (Å²) in [5.41, 5.74) is 2.22. The molecule has 5 heteroatoms. The van der Waals surface area contributed by atoms with Gasteiger partial charge in [0.1, 0.15) is 0 Å². The first-order chi connectivity index (χ1) is 6.77. The zero-order valence-electron chi connectivity index (χ0n) is 7.29. The summed E-state index contributed by atoms with van der Waals surface area (Å²) in [5.74, 6) is 0. The maximum absolute atomic E-state index is 8.98. The van der Waals surface area contributed by atoms with Gasteiger partial charge < -0.3 is 10.0 Å². The van der Waals surface area contributed by atoms with E-state index in [1.807, 2.05) is 16.8 Å². The Bertz CT molecular complexity index is 417. The minimum absolute atomic E-state index is 0.459. The third-order valence-electron chi connectivity index (χ3n) is 1.90. The van der Waals surface area contributed by atoms with Crippen LogP contribution in [0.5, 0.6) is 0 Å². The smallest absolute Gasteiger partial charge is 0.423 e. The molecule has 0 amide bonds. The van der Waals surface area contributed by atoms with E-state index in [1.165, 1.54) is 0 Å². The molecule has 0 radical (unpaired) electrons. The average Bonchev–Trinajstić information content (AvgIpc) is 2.71. The fraction of sp³-hybridized carbons (Fsp3) is 0. The number of rotatable bonds is 2. The molecule has 0 aliphatic heterocycles. The van der Waals surface area contributed by atoms with Gasteiger partial charge in [0, 0.05) is 17.1 Å². The predicted molar refractivity (Wildman–Crippen MR) is 57.4 cm³/mol. The van der Waals surface area contributed by atoms with Crippen molar-refractivity contribution >= 4 is 23.9 Å². The van der Waals surface area contributed by atoms with Crippen molar-refractivity contribution in [2.45, 2.75) is 0 Å². The van der Waals surface area contributed by atoms with Gasteiger partial charge in [-0.2, -0.15) is 11.3 Å². The Morgan fingerprint density at radius 3 is 2.79 bits per heavy atom. The van der Waals surface area contributed by atoms with Crippen LogP contribution in [-0.4, -0.2) is 22.2 Å². The van der Waals surface area contributed by atoms with Crippen LogP contribution in [0.3, 0.4) is 0 Å². The first kappa shape index (κ1) is 9.39. The third kappa shape index (κ3) is 1.84. The predicted octanol–water partition coefficient (Wildman–Crippen LogP) is 0.490. The molecular formula is C9H8BNO2S. The van der Waals surface area contributed by atoms with Gasteiger partial charge in [0.25, 0.3) is 0 Å². The van der Waals surface area contributed by atoms with E-state index in [4.69, 9.17) is 10.0 Å². The first-order valence-electron chi connectivity index (χ1n) is 4.12. The molecule has 2 aromatic rings. The maximum Gasteiger partial charge on any atom is 0.488 e. The fourth-order valence-electron chi connectivity index (χ4n) is 1.18. The summed E-state index contributed by atoms with van der Waals surface area (Å²) in [6.45, 7) is 0. The van der Waals surface area contributed by atoms with Gasteiger partial charge in [-0.15, -0.1) is 0 Å². The number of hydrogen-bond acceptors (Lipinski definition) is 4. The highest BCUT2D eigenvalue weighted by atomic mass is 32.1. The lowest BCUT2D eigenvalue weighted by Crippen LogP contribution is -2.29. The molecule has 0 bridgehead atoms. The third-order valence-corrected chi connectivity index (χ3v) is 2.58. The van der Waals surface area contributed by atoms with Crippen molar-refractivity contribution < 1.29 is 10.0 Å². The average molecular weight is 205 g/mol. The fourth-order valence-corrected chi connectivity index (χ4v) is 1.83. The maximum atomic E-state index is 8.98. The standard InChI is InChI=1S/C9H8BNO2S/c12-10(13)8-1-3-11-9(5-8)7-2-4-14-6-7/h1-6,12-13H. The summed E-state index contributed by atoms with van der Waals surface area (Å²) in [4.78, 5) is 4.15. The van der Waals surface area contributed by atoms with Gasteiger partial charge in [-0.1, -0.05) is 0 Å². The Morgan fingerprint density at radius 1 is 1.29 bits per heavy atom. The topological polar surface area (TPSA) is 53.4 Å². The van der Waals surface area contributed by atoms with Crippen molar-refractivity contribution in [2.24, 2.45) is 0 Å². The van der Waals surface area contributed by atoms with Crippen molar-refractivity contribution in [3.63, 3.8) is 0 Å². The molecule has 0 aliphatic carbocycles. The number of thiophene rings is 1. The molecule has 0 atom stereocenters. The Hall–Kier alpha value is -1.17. The van der Waals surface area contributed by atoms with Crippen LogP contribution in [0.2, 0.25) is 0 Å². The second-order valence-electron chi connectivity index (χ2n) is 2.86. The molecule has 14 heavy (non-hydrogen) atoms. The van der Waals surface area contributed by atoms with Gasteiger partial charge in [-0.25, -0.2) is 0 Å².